The zero-order chi connectivity index (χ0) is 13.3. The molecule has 0 N–H and O–H groups in total. The molecule has 0 aromatic carbocycles. The maximum absolute atomic E-state index is 8.59. The second-order valence-electron chi connectivity index (χ2n) is 4.89. The third-order valence-electron chi connectivity index (χ3n) is 2.00. The molecule has 0 aliphatic rings. The number of hydrogen-bond acceptors (Lipinski definition) is 3. The average molecular weight is 231 g/mol. The molecule has 0 rings (SSSR count). The Morgan fingerprint density at radius 1 is 1.06 bits per heavy atom. The highest BCUT2D eigenvalue weighted by Crippen LogP contribution is 2.04. The molecule has 0 aliphatic carbocycles. The summed E-state index contributed by atoms with van der Waals surface area (Å²) < 4.78 is 0. The summed E-state index contributed by atoms with van der Waals surface area (Å²) in [6, 6.07) is 3.67. The average Bonchev–Trinajstić information content (AvgIpc) is 2.22. The van der Waals surface area contributed by atoms with Crippen molar-refractivity contribution in [2.45, 2.75) is 27.7 Å². The van der Waals surface area contributed by atoms with Crippen LogP contribution < -0.4 is 0 Å². The van der Waals surface area contributed by atoms with E-state index >= 15 is 0 Å². The minimum absolute atomic E-state index is 0.135. The quantitative estimate of drug-likeness (QED) is 0.521. The first kappa shape index (κ1) is 15.3. The molecular formula is C14H21N3. The molecule has 0 atom stereocenters. The van der Waals surface area contributed by atoms with E-state index in [-0.39, 0.29) is 5.57 Å². The van der Waals surface area contributed by atoms with Crippen LogP contribution >= 0.6 is 0 Å². The molecule has 92 valence electrons. The molecule has 3 heteroatoms. The summed E-state index contributed by atoms with van der Waals surface area (Å²) in [5.74, 6) is 1.18. The van der Waals surface area contributed by atoms with Crippen molar-refractivity contribution in [1.82, 2.24) is 4.90 Å². The van der Waals surface area contributed by atoms with Crippen LogP contribution in [0.25, 0.3) is 0 Å². The Balaban J connectivity index is 4.53. The molecule has 0 aliphatic heterocycles. The largest absolute Gasteiger partial charge is 0.377 e. The van der Waals surface area contributed by atoms with Gasteiger partial charge in [-0.05, 0) is 30.2 Å². The lowest BCUT2D eigenvalue weighted by molar-refractivity contribution is 0.296. The lowest BCUT2D eigenvalue weighted by atomic mass is 10.1. The van der Waals surface area contributed by atoms with Crippen LogP contribution in [-0.2, 0) is 0 Å². The lowest BCUT2D eigenvalue weighted by Crippen LogP contribution is -2.26. The zero-order valence-electron chi connectivity index (χ0n) is 11.1. The van der Waals surface area contributed by atoms with Crippen molar-refractivity contribution in [2.24, 2.45) is 11.8 Å². The molecule has 0 aromatic heterocycles. The van der Waals surface area contributed by atoms with E-state index in [4.69, 9.17) is 10.5 Å². The van der Waals surface area contributed by atoms with Crippen molar-refractivity contribution in [3.8, 4) is 12.1 Å². The molecule has 17 heavy (non-hydrogen) atoms. The van der Waals surface area contributed by atoms with E-state index in [0.717, 1.165) is 13.1 Å². The van der Waals surface area contributed by atoms with Gasteiger partial charge in [0.05, 0.1) is 0 Å². The van der Waals surface area contributed by atoms with Gasteiger partial charge in [-0.2, -0.15) is 10.5 Å². The number of allylic oxidation sites excluding steroid dienone is 3. The van der Waals surface area contributed by atoms with E-state index in [1.807, 2.05) is 18.3 Å². The Kier molecular flexibility index (Phi) is 7.55. The molecule has 0 unspecified atom stereocenters. The van der Waals surface area contributed by atoms with Crippen LogP contribution in [0.2, 0.25) is 0 Å². The van der Waals surface area contributed by atoms with E-state index in [1.54, 1.807) is 12.2 Å². The minimum atomic E-state index is 0.135. The molecule has 0 saturated carbocycles. The SMILES string of the molecule is CC(C)CN(/C=C/C=C(C#N)C#N)CC(C)C. The van der Waals surface area contributed by atoms with Crippen molar-refractivity contribution in [3.05, 3.63) is 23.9 Å². The summed E-state index contributed by atoms with van der Waals surface area (Å²) >= 11 is 0. The molecule has 3 nitrogen and oxygen atoms in total. The van der Waals surface area contributed by atoms with Crippen LogP contribution in [0.1, 0.15) is 27.7 Å². The van der Waals surface area contributed by atoms with E-state index in [1.165, 1.54) is 0 Å². The lowest BCUT2D eigenvalue weighted by Gasteiger charge is -2.24. The Bertz CT molecular complexity index is 325. The van der Waals surface area contributed by atoms with Gasteiger partial charge < -0.3 is 4.90 Å². The normalized spacial score (nSPS) is 10.4. The summed E-state index contributed by atoms with van der Waals surface area (Å²) in [5, 5.41) is 17.2. The molecule has 0 bridgehead atoms. The monoisotopic (exact) mass is 231 g/mol. The summed E-state index contributed by atoms with van der Waals surface area (Å²) in [6.07, 6.45) is 5.27. The highest BCUT2D eigenvalue weighted by Gasteiger charge is 2.04. The number of nitrogens with zero attached hydrogens (tertiary/aromatic N) is 3. The Morgan fingerprint density at radius 3 is 1.88 bits per heavy atom. The van der Waals surface area contributed by atoms with Crippen LogP contribution in [0, 0.1) is 34.5 Å². The number of rotatable bonds is 6. The second kappa shape index (κ2) is 8.42. The van der Waals surface area contributed by atoms with Crippen molar-refractivity contribution in [2.75, 3.05) is 13.1 Å². The molecular weight excluding hydrogens is 210 g/mol. The third kappa shape index (κ3) is 8.11. The van der Waals surface area contributed by atoms with Crippen molar-refractivity contribution in [1.29, 1.82) is 10.5 Å². The van der Waals surface area contributed by atoms with Gasteiger partial charge in [-0.15, -0.1) is 0 Å². The first-order chi connectivity index (χ1) is 7.99. The van der Waals surface area contributed by atoms with Crippen LogP contribution in [0.3, 0.4) is 0 Å². The third-order valence-corrected chi connectivity index (χ3v) is 2.00. The summed E-state index contributed by atoms with van der Waals surface area (Å²) in [5.41, 5.74) is 0.135. The number of nitriles is 2. The summed E-state index contributed by atoms with van der Waals surface area (Å²) in [4.78, 5) is 2.22. The molecule has 0 amide bonds. The summed E-state index contributed by atoms with van der Waals surface area (Å²) in [6.45, 7) is 10.7. The Morgan fingerprint density at radius 2 is 1.53 bits per heavy atom. The zero-order valence-corrected chi connectivity index (χ0v) is 11.1. The van der Waals surface area contributed by atoms with Crippen LogP contribution in [0.4, 0.5) is 0 Å². The van der Waals surface area contributed by atoms with Crippen molar-refractivity contribution >= 4 is 0 Å². The number of hydrogen-bond donors (Lipinski definition) is 0. The van der Waals surface area contributed by atoms with Gasteiger partial charge in [0.25, 0.3) is 0 Å². The standard InChI is InChI=1S/C14H21N3/c1-12(2)10-17(11-13(3)4)7-5-6-14(8-15)9-16/h5-7,12-13H,10-11H2,1-4H3/b7-5+. The van der Waals surface area contributed by atoms with E-state index in [9.17, 15) is 0 Å². The van der Waals surface area contributed by atoms with Gasteiger partial charge in [0, 0.05) is 13.1 Å². The molecule has 0 saturated heterocycles. The Hall–Kier alpha value is -1.74. The first-order valence-electron chi connectivity index (χ1n) is 5.92. The minimum Gasteiger partial charge on any atom is -0.377 e. The van der Waals surface area contributed by atoms with Crippen LogP contribution in [0.5, 0.6) is 0 Å². The second-order valence-corrected chi connectivity index (χ2v) is 4.89. The van der Waals surface area contributed by atoms with Crippen molar-refractivity contribution in [3.63, 3.8) is 0 Å². The maximum Gasteiger partial charge on any atom is 0.129 e. The van der Waals surface area contributed by atoms with Crippen LogP contribution in [-0.4, -0.2) is 18.0 Å². The molecule has 0 radical (unpaired) electrons. The fourth-order valence-electron chi connectivity index (χ4n) is 1.49. The fraction of sp³-hybridized carbons (Fsp3) is 0.571. The van der Waals surface area contributed by atoms with Gasteiger partial charge in [0.15, 0.2) is 0 Å². The molecule has 0 heterocycles. The van der Waals surface area contributed by atoms with E-state index in [2.05, 4.69) is 32.6 Å². The fourth-order valence-corrected chi connectivity index (χ4v) is 1.49. The van der Waals surface area contributed by atoms with Crippen molar-refractivity contribution < 1.29 is 0 Å². The topological polar surface area (TPSA) is 50.8 Å². The van der Waals surface area contributed by atoms with Gasteiger partial charge in [0.1, 0.15) is 17.7 Å². The van der Waals surface area contributed by atoms with Crippen LogP contribution in [0.15, 0.2) is 23.9 Å². The predicted octanol–water partition coefficient (Wildman–Crippen LogP) is 3.09. The molecule has 0 spiro atoms. The summed E-state index contributed by atoms with van der Waals surface area (Å²) in [7, 11) is 0. The predicted molar refractivity (Wildman–Crippen MR) is 69.7 cm³/mol. The molecule has 0 fully saturated rings. The highest BCUT2D eigenvalue weighted by molar-refractivity contribution is 5.37. The maximum atomic E-state index is 8.59. The van der Waals surface area contributed by atoms with E-state index in [0.29, 0.717) is 11.8 Å². The van der Waals surface area contributed by atoms with Gasteiger partial charge in [-0.25, -0.2) is 0 Å². The van der Waals surface area contributed by atoms with E-state index < -0.39 is 0 Å². The Labute approximate surface area is 105 Å². The van der Waals surface area contributed by atoms with Gasteiger partial charge in [-0.1, -0.05) is 27.7 Å². The van der Waals surface area contributed by atoms with Gasteiger partial charge in [0.2, 0.25) is 0 Å². The smallest absolute Gasteiger partial charge is 0.129 e. The first-order valence-corrected chi connectivity index (χ1v) is 5.92. The highest BCUT2D eigenvalue weighted by atomic mass is 15.1. The van der Waals surface area contributed by atoms with Gasteiger partial charge in [-0.3, -0.25) is 0 Å². The molecule has 0 aromatic rings. The van der Waals surface area contributed by atoms with Gasteiger partial charge >= 0.3 is 0 Å².